The third-order valence-corrected chi connectivity index (χ3v) is 2.78. The first kappa shape index (κ1) is 10.5. The largest absolute Gasteiger partial charge is 0.380 e. The summed E-state index contributed by atoms with van der Waals surface area (Å²) in [5.41, 5.74) is 1.13. The molecule has 0 amide bonds. The van der Waals surface area contributed by atoms with Crippen molar-refractivity contribution >= 4 is 0 Å². The van der Waals surface area contributed by atoms with E-state index in [4.69, 9.17) is 4.74 Å². The van der Waals surface area contributed by atoms with Crippen LogP contribution in [-0.4, -0.2) is 28.7 Å². The molecule has 2 heterocycles. The van der Waals surface area contributed by atoms with Crippen molar-refractivity contribution in [3.63, 3.8) is 0 Å². The summed E-state index contributed by atoms with van der Waals surface area (Å²) in [4.78, 5) is 8.07. The molecule has 0 spiro atoms. The molecule has 0 bridgehead atoms. The van der Waals surface area contributed by atoms with Gasteiger partial charge in [0.2, 0.25) is 0 Å². The lowest BCUT2D eigenvalue weighted by Gasteiger charge is -2.34. The molecule has 0 radical (unpaired) electrons. The molecule has 1 fully saturated rings. The number of hydrogen-bond acceptors (Lipinski definition) is 4. The molecule has 1 unspecified atom stereocenters. The van der Waals surface area contributed by atoms with Gasteiger partial charge in [-0.05, 0) is 25.8 Å². The lowest BCUT2D eigenvalue weighted by Crippen LogP contribution is -2.48. The van der Waals surface area contributed by atoms with Crippen molar-refractivity contribution in [3.05, 3.63) is 24.3 Å². The highest BCUT2D eigenvalue weighted by atomic mass is 16.5. The number of nitrogens with zero attached hydrogens (tertiary/aromatic N) is 2. The smallest absolute Gasteiger partial charge is 0.115 e. The maximum Gasteiger partial charge on any atom is 0.115 e. The van der Waals surface area contributed by atoms with Crippen LogP contribution in [0.15, 0.2) is 18.6 Å². The monoisotopic (exact) mass is 207 g/mol. The zero-order chi connectivity index (χ0) is 10.6. The lowest BCUT2D eigenvalue weighted by molar-refractivity contribution is 0.0276. The van der Waals surface area contributed by atoms with Crippen LogP contribution in [0.1, 0.15) is 25.5 Å². The van der Waals surface area contributed by atoms with Crippen molar-refractivity contribution in [2.75, 3.05) is 13.2 Å². The summed E-state index contributed by atoms with van der Waals surface area (Å²) in [6.07, 6.45) is 5.64. The van der Waals surface area contributed by atoms with E-state index in [1.807, 2.05) is 6.07 Å². The van der Waals surface area contributed by atoms with E-state index in [1.54, 1.807) is 12.5 Å². The Kier molecular flexibility index (Phi) is 3.28. The molecule has 4 heteroatoms. The summed E-state index contributed by atoms with van der Waals surface area (Å²) in [7, 11) is 0. The van der Waals surface area contributed by atoms with Crippen LogP contribution in [-0.2, 0) is 11.3 Å². The van der Waals surface area contributed by atoms with Crippen LogP contribution < -0.4 is 5.32 Å². The van der Waals surface area contributed by atoms with Crippen LogP contribution >= 0.6 is 0 Å². The first-order valence-electron chi connectivity index (χ1n) is 5.36. The summed E-state index contributed by atoms with van der Waals surface area (Å²) < 4.78 is 5.48. The van der Waals surface area contributed by atoms with Gasteiger partial charge < -0.3 is 10.1 Å². The first-order chi connectivity index (χ1) is 7.29. The van der Waals surface area contributed by atoms with Crippen LogP contribution in [0.3, 0.4) is 0 Å². The van der Waals surface area contributed by atoms with E-state index in [9.17, 15) is 0 Å². The van der Waals surface area contributed by atoms with Crippen molar-refractivity contribution in [2.45, 2.75) is 31.8 Å². The molecule has 1 aliphatic rings. The molecule has 1 aromatic heterocycles. The highest BCUT2D eigenvalue weighted by Gasteiger charge is 2.26. The molecule has 1 aromatic rings. The van der Waals surface area contributed by atoms with Crippen molar-refractivity contribution in [3.8, 4) is 0 Å². The normalized spacial score (nSPS) is 26.5. The molecule has 1 atom stereocenters. The van der Waals surface area contributed by atoms with E-state index in [1.165, 1.54) is 0 Å². The molecule has 0 saturated carbocycles. The van der Waals surface area contributed by atoms with Crippen LogP contribution in [0.5, 0.6) is 0 Å². The molecule has 0 aromatic carbocycles. The maximum absolute atomic E-state index is 5.48. The molecule has 1 saturated heterocycles. The van der Waals surface area contributed by atoms with Gasteiger partial charge in [-0.15, -0.1) is 0 Å². The van der Waals surface area contributed by atoms with Gasteiger partial charge in [0.25, 0.3) is 0 Å². The molecule has 4 nitrogen and oxygen atoms in total. The number of nitrogens with one attached hydrogen (secondary N) is 1. The number of rotatable bonds is 3. The predicted molar refractivity (Wildman–Crippen MR) is 57.3 cm³/mol. The minimum absolute atomic E-state index is 0.100. The Bertz CT molecular complexity index is 296. The van der Waals surface area contributed by atoms with Crippen molar-refractivity contribution in [1.29, 1.82) is 0 Å². The van der Waals surface area contributed by atoms with Crippen LogP contribution in [0.4, 0.5) is 0 Å². The topological polar surface area (TPSA) is 47.0 Å². The van der Waals surface area contributed by atoms with Crippen LogP contribution in [0.25, 0.3) is 0 Å². The van der Waals surface area contributed by atoms with Gasteiger partial charge in [0, 0.05) is 24.9 Å². The van der Waals surface area contributed by atoms with E-state index < -0.39 is 0 Å². The van der Waals surface area contributed by atoms with Crippen LogP contribution in [0, 0.1) is 0 Å². The Balaban J connectivity index is 1.87. The Morgan fingerprint density at radius 2 is 2.53 bits per heavy atom. The summed E-state index contributed by atoms with van der Waals surface area (Å²) in [5.74, 6) is 0. The maximum atomic E-state index is 5.48. The van der Waals surface area contributed by atoms with E-state index in [2.05, 4.69) is 22.2 Å². The number of hydrogen-bond donors (Lipinski definition) is 1. The van der Waals surface area contributed by atoms with E-state index in [0.717, 1.165) is 38.3 Å². The Hall–Kier alpha value is -1.00. The van der Waals surface area contributed by atoms with Gasteiger partial charge in [0.15, 0.2) is 0 Å². The highest BCUT2D eigenvalue weighted by Crippen LogP contribution is 2.18. The zero-order valence-electron chi connectivity index (χ0n) is 9.07. The molecule has 1 N–H and O–H groups in total. The quantitative estimate of drug-likeness (QED) is 0.807. The molecular weight excluding hydrogens is 190 g/mol. The van der Waals surface area contributed by atoms with Gasteiger partial charge in [0.1, 0.15) is 6.33 Å². The Morgan fingerprint density at radius 3 is 3.20 bits per heavy atom. The third kappa shape index (κ3) is 2.97. The van der Waals surface area contributed by atoms with Gasteiger partial charge in [0.05, 0.1) is 12.3 Å². The van der Waals surface area contributed by atoms with Gasteiger partial charge in [-0.25, -0.2) is 9.97 Å². The molecule has 0 aliphatic carbocycles. The SMILES string of the molecule is CC1(NCc2ccncn2)CCCOC1. The summed E-state index contributed by atoms with van der Waals surface area (Å²) in [6, 6.07) is 1.93. The van der Waals surface area contributed by atoms with Crippen molar-refractivity contribution in [1.82, 2.24) is 15.3 Å². The first-order valence-corrected chi connectivity index (χ1v) is 5.36. The summed E-state index contributed by atoms with van der Waals surface area (Å²) in [6.45, 7) is 4.67. The highest BCUT2D eigenvalue weighted by molar-refractivity contribution is 4.99. The van der Waals surface area contributed by atoms with Crippen molar-refractivity contribution in [2.24, 2.45) is 0 Å². The van der Waals surface area contributed by atoms with Gasteiger partial charge in [-0.3, -0.25) is 0 Å². The number of aromatic nitrogens is 2. The van der Waals surface area contributed by atoms with Gasteiger partial charge >= 0.3 is 0 Å². The van der Waals surface area contributed by atoms with Crippen molar-refractivity contribution < 1.29 is 4.74 Å². The summed E-state index contributed by atoms with van der Waals surface area (Å²) in [5, 5.41) is 3.50. The summed E-state index contributed by atoms with van der Waals surface area (Å²) >= 11 is 0. The minimum Gasteiger partial charge on any atom is -0.380 e. The fraction of sp³-hybridized carbons (Fsp3) is 0.636. The molecule has 1 aliphatic heterocycles. The second-order valence-electron chi connectivity index (χ2n) is 4.27. The Labute approximate surface area is 90.1 Å². The molecule has 2 rings (SSSR count). The Morgan fingerprint density at radius 1 is 1.60 bits per heavy atom. The molecule has 15 heavy (non-hydrogen) atoms. The minimum atomic E-state index is 0.100. The second kappa shape index (κ2) is 4.68. The standard InChI is InChI=1S/C11H17N3O/c1-11(4-2-6-15-8-11)14-7-10-3-5-12-9-13-10/h3,5,9,14H,2,4,6-8H2,1H3. The molecular formula is C11H17N3O. The third-order valence-electron chi connectivity index (χ3n) is 2.78. The fourth-order valence-electron chi connectivity index (χ4n) is 1.80. The lowest BCUT2D eigenvalue weighted by atomic mass is 9.95. The predicted octanol–water partition coefficient (Wildman–Crippen LogP) is 1.14. The fourth-order valence-corrected chi connectivity index (χ4v) is 1.80. The average molecular weight is 207 g/mol. The van der Waals surface area contributed by atoms with E-state index >= 15 is 0 Å². The molecule has 82 valence electrons. The van der Waals surface area contributed by atoms with Crippen LogP contribution in [0.2, 0.25) is 0 Å². The van der Waals surface area contributed by atoms with Gasteiger partial charge in [-0.2, -0.15) is 0 Å². The second-order valence-corrected chi connectivity index (χ2v) is 4.27. The van der Waals surface area contributed by atoms with E-state index in [-0.39, 0.29) is 5.54 Å². The van der Waals surface area contributed by atoms with E-state index in [0.29, 0.717) is 0 Å². The average Bonchev–Trinajstić information content (AvgIpc) is 2.29. The zero-order valence-corrected chi connectivity index (χ0v) is 9.07. The number of ether oxygens (including phenoxy) is 1. The van der Waals surface area contributed by atoms with Gasteiger partial charge in [-0.1, -0.05) is 0 Å².